The van der Waals surface area contributed by atoms with E-state index in [2.05, 4.69) is 31.2 Å². The first-order valence-corrected chi connectivity index (χ1v) is 3.38. The van der Waals surface area contributed by atoms with Gasteiger partial charge in [0.2, 0.25) is 0 Å². The van der Waals surface area contributed by atoms with Crippen molar-refractivity contribution < 1.29 is 9.59 Å². The second-order valence-corrected chi connectivity index (χ2v) is 1.92. The van der Waals surface area contributed by atoms with Crippen molar-refractivity contribution in [3.63, 3.8) is 0 Å². The number of hydrogen-bond acceptors (Lipinski definition) is 2. The molecular weight excluding hydrogens is 140 g/mol. The lowest BCUT2D eigenvalue weighted by molar-refractivity contribution is -0.191. The summed E-state index contributed by atoms with van der Waals surface area (Å²) in [5.74, 6) is 0. The average molecular weight is 150 g/mol. The molecule has 2 heteroatoms. The maximum atomic E-state index is 8.12. The molecule has 1 rings (SSSR count). The molecule has 0 atom stereocenters. The monoisotopic (exact) mass is 150 g/mol. The van der Waals surface area contributed by atoms with Crippen LogP contribution in [0.15, 0.2) is 30.3 Å². The minimum Gasteiger partial charge on any atom is -0.186 e. The first-order valence-electron chi connectivity index (χ1n) is 3.38. The Labute approximate surface area is 65.9 Å². The van der Waals surface area contributed by atoms with Crippen molar-refractivity contribution >= 4 is 6.15 Å². The number of carbonyl (C=O) groups excluding carboxylic acids is 2. The minimum atomic E-state index is 0.250. The number of aryl methyl sites for hydroxylation is 1. The lowest BCUT2D eigenvalue weighted by Gasteiger charge is -1.89. The fraction of sp³-hybridized carbons (Fsp3) is 0.222. The van der Waals surface area contributed by atoms with Crippen molar-refractivity contribution in [1.29, 1.82) is 0 Å². The standard InChI is InChI=1S/C8H10.CO2/c1-2-8-6-4-3-5-7-8;2-1-3/h3-7H,2H2,1H3;. The van der Waals surface area contributed by atoms with E-state index in [-0.39, 0.29) is 6.15 Å². The summed E-state index contributed by atoms with van der Waals surface area (Å²) >= 11 is 0. The molecule has 0 aromatic heterocycles. The molecule has 1 aromatic rings. The maximum Gasteiger partial charge on any atom is 0.373 e. The van der Waals surface area contributed by atoms with Gasteiger partial charge in [-0.3, -0.25) is 0 Å². The Bertz CT molecular complexity index is 210. The van der Waals surface area contributed by atoms with Crippen LogP contribution in [-0.2, 0) is 16.0 Å². The van der Waals surface area contributed by atoms with Crippen LogP contribution in [0.4, 0.5) is 0 Å². The molecule has 0 saturated heterocycles. The Balaban J connectivity index is 0.000000292. The highest BCUT2D eigenvalue weighted by molar-refractivity contribution is 5.20. The van der Waals surface area contributed by atoms with Crippen molar-refractivity contribution in [3.05, 3.63) is 35.9 Å². The molecule has 1 aromatic carbocycles. The normalized spacial score (nSPS) is 7.36. The molecule has 0 fully saturated rings. The second-order valence-electron chi connectivity index (χ2n) is 1.92. The van der Waals surface area contributed by atoms with Crippen LogP contribution in [0, 0.1) is 0 Å². The Morgan fingerprint density at radius 3 is 1.91 bits per heavy atom. The molecule has 0 unspecified atom stereocenters. The Hall–Kier alpha value is -1.40. The summed E-state index contributed by atoms with van der Waals surface area (Å²) in [6.45, 7) is 2.16. The van der Waals surface area contributed by atoms with Crippen LogP contribution in [0.1, 0.15) is 12.5 Å². The van der Waals surface area contributed by atoms with Gasteiger partial charge in [0, 0.05) is 0 Å². The van der Waals surface area contributed by atoms with E-state index in [1.54, 1.807) is 0 Å². The van der Waals surface area contributed by atoms with Gasteiger partial charge in [0.25, 0.3) is 0 Å². The highest BCUT2D eigenvalue weighted by Gasteiger charge is 1.79. The van der Waals surface area contributed by atoms with Crippen molar-refractivity contribution in [1.82, 2.24) is 0 Å². The van der Waals surface area contributed by atoms with Crippen LogP contribution >= 0.6 is 0 Å². The van der Waals surface area contributed by atoms with Gasteiger partial charge in [-0.25, -0.2) is 0 Å². The van der Waals surface area contributed by atoms with Crippen molar-refractivity contribution in [2.45, 2.75) is 13.3 Å². The van der Waals surface area contributed by atoms with Crippen LogP contribution in [-0.4, -0.2) is 6.15 Å². The van der Waals surface area contributed by atoms with Crippen LogP contribution in [0.25, 0.3) is 0 Å². The predicted molar refractivity (Wildman–Crippen MR) is 40.8 cm³/mol. The van der Waals surface area contributed by atoms with Gasteiger partial charge >= 0.3 is 6.15 Å². The largest absolute Gasteiger partial charge is 0.373 e. The van der Waals surface area contributed by atoms with Gasteiger partial charge in [-0.2, -0.15) is 9.59 Å². The highest BCUT2D eigenvalue weighted by Crippen LogP contribution is 1.96. The molecule has 0 aliphatic rings. The van der Waals surface area contributed by atoms with E-state index in [4.69, 9.17) is 9.59 Å². The zero-order chi connectivity index (χ0) is 8.53. The molecular formula is C9H10O2. The van der Waals surface area contributed by atoms with Crippen LogP contribution in [0.3, 0.4) is 0 Å². The molecule has 0 aliphatic heterocycles. The number of hydrogen-bond donors (Lipinski definition) is 0. The highest BCUT2D eigenvalue weighted by atomic mass is 16.2. The molecule has 58 valence electrons. The summed E-state index contributed by atoms with van der Waals surface area (Å²) in [7, 11) is 0. The zero-order valence-corrected chi connectivity index (χ0v) is 6.41. The van der Waals surface area contributed by atoms with Crippen molar-refractivity contribution in [2.75, 3.05) is 0 Å². The first kappa shape index (κ1) is 9.60. The third kappa shape index (κ3) is 5.07. The minimum absolute atomic E-state index is 0.250. The molecule has 0 saturated carbocycles. The smallest absolute Gasteiger partial charge is 0.186 e. The summed E-state index contributed by atoms with van der Waals surface area (Å²) in [5.41, 5.74) is 1.41. The van der Waals surface area contributed by atoms with E-state index in [1.165, 1.54) is 5.56 Å². The van der Waals surface area contributed by atoms with Gasteiger partial charge in [0.05, 0.1) is 0 Å². The number of rotatable bonds is 1. The van der Waals surface area contributed by atoms with Gasteiger partial charge in [-0.1, -0.05) is 37.3 Å². The van der Waals surface area contributed by atoms with Gasteiger partial charge in [-0.15, -0.1) is 0 Å². The lowest BCUT2D eigenvalue weighted by Crippen LogP contribution is -1.73. The van der Waals surface area contributed by atoms with Crippen molar-refractivity contribution in [3.8, 4) is 0 Å². The van der Waals surface area contributed by atoms with E-state index in [0.717, 1.165) is 6.42 Å². The summed E-state index contributed by atoms with van der Waals surface area (Å²) < 4.78 is 0. The fourth-order valence-corrected chi connectivity index (χ4v) is 0.714. The number of benzene rings is 1. The summed E-state index contributed by atoms with van der Waals surface area (Å²) in [5, 5.41) is 0. The van der Waals surface area contributed by atoms with E-state index < -0.39 is 0 Å². The van der Waals surface area contributed by atoms with E-state index >= 15 is 0 Å². The van der Waals surface area contributed by atoms with Crippen LogP contribution in [0.5, 0.6) is 0 Å². The van der Waals surface area contributed by atoms with Gasteiger partial charge < -0.3 is 0 Å². The molecule has 0 N–H and O–H groups in total. The molecule has 0 spiro atoms. The molecule has 0 bridgehead atoms. The molecule has 11 heavy (non-hydrogen) atoms. The fourth-order valence-electron chi connectivity index (χ4n) is 0.714. The Kier molecular flexibility index (Phi) is 5.86. The maximum absolute atomic E-state index is 8.12. The summed E-state index contributed by atoms with van der Waals surface area (Å²) in [6.07, 6.45) is 1.39. The quantitative estimate of drug-likeness (QED) is 0.610. The van der Waals surface area contributed by atoms with E-state index in [0.29, 0.717) is 0 Å². The Morgan fingerprint density at radius 2 is 1.64 bits per heavy atom. The zero-order valence-electron chi connectivity index (χ0n) is 6.41. The Morgan fingerprint density at radius 1 is 1.18 bits per heavy atom. The summed E-state index contributed by atoms with van der Waals surface area (Å²) in [6, 6.07) is 10.5. The SMILES string of the molecule is CCc1ccccc1.O=C=O. The van der Waals surface area contributed by atoms with Crippen LogP contribution < -0.4 is 0 Å². The van der Waals surface area contributed by atoms with Gasteiger partial charge in [0.15, 0.2) is 0 Å². The molecule has 0 heterocycles. The predicted octanol–water partition coefficient (Wildman–Crippen LogP) is 1.67. The second kappa shape index (κ2) is 6.72. The molecule has 0 aliphatic carbocycles. The third-order valence-electron chi connectivity index (χ3n) is 1.25. The lowest BCUT2D eigenvalue weighted by atomic mass is 10.2. The van der Waals surface area contributed by atoms with Gasteiger partial charge in [0.1, 0.15) is 0 Å². The van der Waals surface area contributed by atoms with E-state index in [9.17, 15) is 0 Å². The molecule has 0 amide bonds. The van der Waals surface area contributed by atoms with Gasteiger partial charge in [-0.05, 0) is 12.0 Å². The average Bonchev–Trinajstić information content (AvgIpc) is 2.08. The van der Waals surface area contributed by atoms with Crippen LogP contribution in [0.2, 0.25) is 0 Å². The van der Waals surface area contributed by atoms with Crippen molar-refractivity contribution in [2.24, 2.45) is 0 Å². The third-order valence-corrected chi connectivity index (χ3v) is 1.25. The van der Waals surface area contributed by atoms with E-state index in [1.807, 2.05) is 6.07 Å². The molecule has 2 nitrogen and oxygen atoms in total. The first-order chi connectivity index (χ1) is 5.35. The topological polar surface area (TPSA) is 34.1 Å². The molecule has 0 radical (unpaired) electrons. The summed E-state index contributed by atoms with van der Waals surface area (Å²) in [4.78, 5) is 16.2.